The van der Waals surface area contributed by atoms with Gasteiger partial charge in [-0.2, -0.15) is 0 Å². The minimum absolute atomic E-state index is 0.482. The van der Waals surface area contributed by atoms with Gasteiger partial charge in [-0.05, 0) is 163 Å². The molecule has 0 nitrogen and oxygen atoms in total. The second-order valence-electron chi connectivity index (χ2n) is 16.3. The van der Waals surface area contributed by atoms with Crippen molar-refractivity contribution < 1.29 is 0 Å². The second-order valence-corrected chi connectivity index (χ2v) is 16.3. The number of benzene rings is 1. The quantitative estimate of drug-likeness (QED) is 0.352. The van der Waals surface area contributed by atoms with Crippen LogP contribution in [0.3, 0.4) is 0 Å². The molecule has 6 aliphatic carbocycles. The summed E-state index contributed by atoms with van der Waals surface area (Å²) in [6, 6.07) is 2.62. The number of aryl methyl sites for hydroxylation is 2. The molecular weight excluding hydrogens is 420 g/mol. The third kappa shape index (κ3) is 2.67. The Balaban J connectivity index is 1.30. The van der Waals surface area contributed by atoms with Gasteiger partial charge in [-0.15, -0.1) is 0 Å². The van der Waals surface area contributed by atoms with Crippen molar-refractivity contribution in [3.8, 4) is 0 Å². The third-order valence-electron chi connectivity index (χ3n) is 14.8. The summed E-state index contributed by atoms with van der Waals surface area (Å²) in [6.07, 6.45) is 18.8. The molecule has 0 heterocycles. The highest BCUT2D eigenvalue weighted by molar-refractivity contribution is 5.54. The van der Waals surface area contributed by atoms with Gasteiger partial charge in [0.25, 0.3) is 0 Å². The van der Waals surface area contributed by atoms with Crippen LogP contribution in [0.4, 0.5) is 0 Å². The van der Waals surface area contributed by atoms with Gasteiger partial charge >= 0.3 is 0 Å². The predicted octanol–water partition coefficient (Wildman–Crippen LogP) is 9.59. The van der Waals surface area contributed by atoms with Crippen LogP contribution in [0.1, 0.15) is 139 Å². The lowest BCUT2D eigenvalue weighted by atomic mass is 9.32. The number of hydrogen-bond acceptors (Lipinski definition) is 0. The van der Waals surface area contributed by atoms with Crippen molar-refractivity contribution in [3.63, 3.8) is 0 Å². The Morgan fingerprint density at radius 1 is 0.657 bits per heavy atom. The van der Waals surface area contributed by atoms with Gasteiger partial charge in [-0.3, -0.25) is 0 Å². The zero-order chi connectivity index (χ0) is 24.6. The molecule has 0 saturated heterocycles. The molecule has 6 aliphatic rings. The van der Waals surface area contributed by atoms with Crippen LogP contribution in [0, 0.1) is 51.8 Å². The summed E-state index contributed by atoms with van der Waals surface area (Å²) in [5.41, 5.74) is 11.5. The molecule has 0 spiro atoms. The topological polar surface area (TPSA) is 0 Å². The molecule has 0 aromatic heterocycles. The van der Waals surface area contributed by atoms with E-state index in [0.29, 0.717) is 27.1 Å². The van der Waals surface area contributed by atoms with E-state index < -0.39 is 0 Å². The molecule has 192 valence electrons. The van der Waals surface area contributed by atoms with Gasteiger partial charge in [-0.25, -0.2) is 0 Å². The molecule has 0 unspecified atom stereocenters. The van der Waals surface area contributed by atoms with Crippen molar-refractivity contribution in [2.45, 2.75) is 138 Å². The number of hydrogen-bond donors (Lipinski definition) is 0. The van der Waals surface area contributed by atoms with E-state index in [0.717, 1.165) is 23.7 Å². The Hall–Kier alpha value is -0.780. The second kappa shape index (κ2) is 6.99. The van der Waals surface area contributed by atoms with E-state index in [1.54, 1.807) is 16.7 Å². The number of rotatable bonds is 0. The highest BCUT2D eigenvalue weighted by atomic mass is 14.7. The zero-order valence-electron chi connectivity index (χ0n) is 24.1. The highest BCUT2D eigenvalue weighted by Gasteiger charge is 2.70. The van der Waals surface area contributed by atoms with Crippen LogP contribution >= 0.6 is 0 Å². The monoisotopic (exact) mass is 472 g/mol. The molecule has 7 rings (SSSR count). The average molecular weight is 473 g/mol. The van der Waals surface area contributed by atoms with Gasteiger partial charge in [0, 0.05) is 0 Å². The lowest BCUT2D eigenvalue weighted by Crippen LogP contribution is -2.65. The Labute approximate surface area is 216 Å². The van der Waals surface area contributed by atoms with Crippen molar-refractivity contribution in [1.29, 1.82) is 0 Å². The van der Waals surface area contributed by atoms with E-state index in [1.165, 1.54) is 83.5 Å². The molecule has 35 heavy (non-hydrogen) atoms. The normalized spacial score (nSPS) is 49.3. The van der Waals surface area contributed by atoms with E-state index in [-0.39, 0.29) is 0 Å². The first-order valence-electron chi connectivity index (χ1n) is 15.6. The van der Waals surface area contributed by atoms with Gasteiger partial charge in [0.1, 0.15) is 0 Å². The van der Waals surface area contributed by atoms with Crippen molar-refractivity contribution in [3.05, 3.63) is 33.9 Å². The van der Waals surface area contributed by atoms with Crippen LogP contribution in [-0.2, 0) is 19.3 Å². The molecule has 8 atom stereocenters. The van der Waals surface area contributed by atoms with E-state index >= 15 is 0 Å². The molecule has 0 N–H and O–H groups in total. The minimum Gasteiger partial charge on any atom is -0.0596 e. The molecule has 1 aromatic carbocycles. The Bertz CT molecular complexity index is 1080. The Kier molecular flexibility index (Phi) is 4.67. The largest absolute Gasteiger partial charge is 0.0596 e. The van der Waals surface area contributed by atoms with Crippen molar-refractivity contribution >= 4 is 0 Å². The maximum atomic E-state index is 2.82. The van der Waals surface area contributed by atoms with E-state index in [1.807, 2.05) is 11.1 Å². The summed E-state index contributed by atoms with van der Waals surface area (Å²) in [4.78, 5) is 0. The predicted molar refractivity (Wildman–Crippen MR) is 148 cm³/mol. The summed E-state index contributed by atoms with van der Waals surface area (Å²) in [6.45, 7) is 18.9. The van der Waals surface area contributed by atoms with Crippen molar-refractivity contribution in [2.24, 2.45) is 44.8 Å². The van der Waals surface area contributed by atoms with Crippen LogP contribution in [0.15, 0.2) is 6.07 Å². The van der Waals surface area contributed by atoms with Gasteiger partial charge in [0.2, 0.25) is 0 Å². The fourth-order valence-corrected chi connectivity index (χ4v) is 13.4. The summed E-state index contributed by atoms with van der Waals surface area (Å²) in [5.74, 6) is 3.59. The summed E-state index contributed by atoms with van der Waals surface area (Å²) in [5, 5.41) is 0. The first kappa shape index (κ1) is 23.3. The molecule has 0 bridgehead atoms. The molecule has 0 heteroatoms. The van der Waals surface area contributed by atoms with Crippen LogP contribution in [-0.4, -0.2) is 0 Å². The van der Waals surface area contributed by atoms with E-state index in [9.17, 15) is 0 Å². The SMILES string of the molecule is Cc1cc2c(c3c1[C@@H]1CC[C@]4(C)[C@H](CC[C@@H]5[C@@]6(C)CCCC(C)(C)[C@@H]6CC[C@]54C)[C@@]1(C)C3)CCC2. The zero-order valence-corrected chi connectivity index (χ0v) is 24.1. The first-order chi connectivity index (χ1) is 16.5. The van der Waals surface area contributed by atoms with Gasteiger partial charge < -0.3 is 0 Å². The molecule has 4 fully saturated rings. The Morgan fingerprint density at radius 2 is 1.34 bits per heavy atom. The maximum Gasteiger partial charge on any atom is -0.00963 e. The van der Waals surface area contributed by atoms with Crippen LogP contribution in [0.5, 0.6) is 0 Å². The first-order valence-corrected chi connectivity index (χ1v) is 15.6. The van der Waals surface area contributed by atoms with Crippen molar-refractivity contribution in [1.82, 2.24) is 0 Å². The highest BCUT2D eigenvalue weighted by Crippen LogP contribution is 2.78. The van der Waals surface area contributed by atoms with Crippen LogP contribution in [0.2, 0.25) is 0 Å². The van der Waals surface area contributed by atoms with Crippen LogP contribution < -0.4 is 0 Å². The Morgan fingerprint density at radius 3 is 2.09 bits per heavy atom. The number of fused-ring (bicyclic) bond motifs is 11. The van der Waals surface area contributed by atoms with Gasteiger partial charge in [0.15, 0.2) is 0 Å². The molecule has 0 radical (unpaired) electrons. The van der Waals surface area contributed by atoms with Gasteiger partial charge in [0.05, 0.1) is 0 Å². The average Bonchev–Trinajstić information content (AvgIpc) is 3.35. The van der Waals surface area contributed by atoms with E-state index in [2.05, 4.69) is 54.5 Å². The molecule has 4 saturated carbocycles. The van der Waals surface area contributed by atoms with Gasteiger partial charge in [-0.1, -0.05) is 54.0 Å². The standard InChI is InChI=1S/C35H52/c1-22-20-23-10-8-11-24(23)25-21-33(5)26(30(22)25)14-18-34(6)29(33)13-12-28-32(4)17-9-16-31(2,3)27(32)15-19-35(28,34)7/h20,26-29H,8-19,21H2,1-7H3/t26-,27-,28+,29+,32-,33-,34+,35+/m0/s1. The smallest absolute Gasteiger partial charge is 0.00963 e. The molecule has 0 aliphatic heterocycles. The van der Waals surface area contributed by atoms with Crippen molar-refractivity contribution in [2.75, 3.05) is 0 Å². The fraction of sp³-hybridized carbons (Fsp3) is 0.829. The molecule has 1 aromatic rings. The maximum absolute atomic E-state index is 2.82. The fourth-order valence-electron chi connectivity index (χ4n) is 13.4. The lowest BCUT2D eigenvalue weighted by Gasteiger charge is -2.73. The lowest BCUT2D eigenvalue weighted by molar-refractivity contribution is -0.235. The molecule has 0 amide bonds. The molecular formula is C35H52. The summed E-state index contributed by atoms with van der Waals surface area (Å²) < 4.78 is 0. The third-order valence-corrected chi connectivity index (χ3v) is 14.8. The summed E-state index contributed by atoms with van der Waals surface area (Å²) in [7, 11) is 0. The summed E-state index contributed by atoms with van der Waals surface area (Å²) >= 11 is 0. The van der Waals surface area contributed by atoms with E-state index in [4.69, 9.17) is 0 Å². The minimum atomic E-state index is 0.482. The van der Waals surface area contributed by atoms with Crippen LogP contribution in [0.25, 0.3) is 0 Å².